The summed E-state index contributed by atoms with van der Waals surface area (Å²) in [6, 6.07) is 10.0. The van der Waals surface area contributed by atoms with Crippen LogP contribution < -0.4 is 10.6 Å². The quantitative estimate of drug-likeness (QED) is 0.252. The molecule has 1 aromatic carbocycles. The van der Waals surface area contributed by atoms with Gasteiger partial charge in [-0.3, -0.25) is 9.79 Å². The first-order valence-corrected chi connectivity index (χ1v) is 10.4. The molecule has 1 rings (SSSR count). The van der Waals surface area contributed by atoms with Gasteiger partial charge in [-0.05, 0) is 31.7 Å². The Morgan fingerprint density at radius 3 is 2.45 bits per heavy atom. The third-order valence-corrected chi connectivity index (χ3v) is 4.47. The zero-order valence-electron chi connectivity index (χ0n) is 18.6. The van der Waals surface area contributed by atoms with Gasteiger partial charge in [0, 0.05) is 46.3 Å². The number of benzene rings is 1. The number of aliphatic imine (C=N–C) groups is 1. The monoisotopic (exact) mass is 518 g/mol. The third kappa shape index (κ3) is 12.1. The van der Waals surface area contributed by atoms with Crippen LogP contribution in [0.3, 0.4) is 0 Å². The molecule has 0 radical (unpaired) electrons. The number of nitrogens with one attached hydrogen (secondary N) is 2. The van der Waals surface area contributed by atoms with Crippen LogP contribution in [-0.4, -0.2) is 56.2 Å². The van der Waals surface area contributed by atoms with Crippen molar-refractivity contribution in [2.45, 2.75) is 53.2 Å². The lowest BCUT2D eigenvalue weighted by Crippen LogP contribution is -2.39. The van der Waals surface area contributed by atoms with Crippen LogP contribution >= 0.6 is 24.0 Å². The van der Waals surface area contributed by atoms with E-state index in [4.69, 9.17) is 4.74 Å². The van der Waals surface area contributed by atoms with Crippen LogP contribution in [-0.2, 0) is 16.1 Å². The molecule has 0 fully saturated rings. The molecule has 7 heteroatoms. The Kier molecular flexibility index (Phi) is 15.7. The van der Waals surface area contributed by atoms with Crippen molar-refractivity contribution in [3.05, 3.63) is 35.9 Å². The lowest BCUT2D eigenvalue weighted by molar-refractivity contribution is -0.130. The van der Waals surface area contributed by atoms with Crippen molar-refractivity contribution < 1.29 is 9.53 Å². The molecule has 29 heavy (non-hydrogen) atoms. The van der Waals surface area contributed by atoms with E-state index in [1.165, 1.54) is 0 Å². The van der Waals surface area contributed by atoms with Crippen molar-refractivity contribution >= 4 is 35.8 Å². The van der Waals surface area contributed by atoms with Crippen molar-refractivity contribution in [3.63, 3.8) is 0 Å². The summed E-state index contributed by atoms with van der Waals surface area (Å²) in [6.07, 6.45) is 1.55. The van der Waals surface area contributed by atoms with Crippen molar-refractivity contribution in [2.24, 2.45) is 10.9 Å². The van der Waals surface area contributed by atoms with Gasteiger partial charge in [-0.15, -0.1) is 24.0 Å². The third-order valence-electron chi connectivity index (χ3n) is 4.47. The topological polar surface area (TPSA) is 66.0 Å². The Morgan fingerprint density at radius 1 is 1.17 bits per heavy atom. The Morgan fingerprint density at radius 2 is 1.86 bits per heavy atom. The van der Waals surface area contributed by atoms with Crippen molar-refractivity contribution in [1.29, 1.82) is 0 Å². The van der Waals surface area contributed by atoms with E-state index in [0.717, 1.165) is 31.1 Å². The minimum absolute atomic E-state index is 0. The van der Waals surface area contributed by atoms with Gasteiger partial charge in [-0.2, -0.15) is 0 Å². The lowest BCUT2D eigenvalue weighted by atomic mass is 10.0. The van der Waals surface area contributed by atoms with Crippen LogP contribution in [0.25, 0.3) is 0 Å². The van der Waals surface area contributed by atoms with E-state index in [0.29, 0.717) is 32.0 Å². The first-order chi connectivity index (χ1) is 13.5. The highest BCUT2D eigenvalue weighted by molar-refractivity contribution is 14.0. The second kappa shape index (κ2) is 16.4. The van der Waals surface area contributed by atoms with Gasteiger partial charge in [0.25, 0.3) is 0 Å². The second-order valence-electron chi connectivity index (χ2n) is 7.20. The molecule has 0 aliphatic carbocycles. The predicted molar refractivity (Wildman–Crippen MR) is 132 cm³/mol. The van der Waals surface area contributed by atoms with Gasteiger partial charge in [0.15, 0.2) is 5.96 Å². The number of guanidine groups is 1. The van der Waals surface area contributed by atoms with Crippen LogP contribution in [0.15, 0.2) is 35.3 Å². The SMILES string of the molecule is CCNC(=NCCC(OCC)C(C)C)NCCC(=O)N(C)Cc1ccccc1.I. The minimum atomic E-state index is 0. The Balaban J connectivity index is 0.00000784. The van der Waals surface area contributed by atoms with E-state index < -0.39 is 0 Å². The molecule has 1 amide bonds. The number of hydrogen-bond acceptors (Lipinski definition) is 3. The summed E-state index contributed by atoms with van der Waals surface area (Å²) in [5, 5.41) is 6.49. The fourth-order valence-electron chi connectivity index (χ4n) is 2.89. The summed E-state index contributed by atoms with van der Waals surface area (Å²) in [6.45, 7) is 11.8. The summed E-state index contributed by atoms with van der Waals surface area (Å²) in [5.74, 6) is 1.34. The average Bonchev–Trinajstić information content (AvgIpc) is 2.67. The van der Waals surface area contributed by atoms with E-state index in [1.807, 2.05) is 51.2 Å². The predicted octanol–water partition coefficient (Wildman–Crippen LogP) is 3.66. The van der Waals surface area contributed by atoms with E-state index in [-0.39, 0.29) is 36.0 Å². The first-order valence-electron chi connectivity index (χ1n) is 10.4. The fourth-order valence-corrected chi connectivity index (χ4v) is 2.89. The molecule has 2 N–H and O–H groups in total. The number of ether oxygens (including phenoxy) is 1. The second-order valence-corrected chi connectivity index (χ2v) is 7.20. The molecule has 0 heterocycles. The molecule has 0 aromatic heterocycles. The number of hydrogen-bond donors (Lipinski definition) is 2. The van der Waals surface area contributed by atoms with E-state index >= 15 is 0 Å². The molecule has 1 unspecified atom stereocenters. The summed E-state index contributed by atoms with van der Waals surface area (Å²) >= 11 is 0. The molecule has 0 aliphatic rings. The van der Waals surface area contributed by atoms with E-state index in [2.05, 4.69) is 29.5 Å². The molecular weight excluding hydrogens is 479 g/mol. The number of nitrogens with zero attached hydrogens (tertiary/aromatic N) is 2. The Labute approximate surface area is 193 Å². The van der Waals surface area contributed by atoms with Crippen LogP contribution in [0.5, 0.6) is 0 Å². The summed E-state index contributed by atoms with van der Waals surface area (Å²) in [5.41, 5.74) is 1.13. The molecule has 1 atom stereocenters. The molecule has 0 saturated carbocycles. The molecule has 166 valence electrons. The smallest absolute Gasteiger partial charge is 0.224 e. The zero-order chi connectivity index (χ0) is 20.8. The summed E-state index contributed by atoms with van der Waals surface area (Å²) in [4.78, 5) is 18.7. The zero-order valence-corrected chi connectivity index (χ0v) is 20.9. The number of carbonyl (C=O) groups excluding carboxylic acids is 1. The number of carbonyl (C=O) groups is 1. The summed E-state index contributed by atoms with van der Waals surface area (Å²) < 4.78 is 5.77. The van der Waals surface area contributed by atoms with Crippen LogP contribution in [0.1, 0.15) is 46.1 Å². The highest BCUT2D eigenvalue weighted by Crippen LogP contribution is 2.10. The van der Waals surface area contributed by atoms with Gasteiger partial charge in [-0.1, -0.05) is 44.2 Å². The Hall–Kier alpha value is -1.35. The maximum atomic E-state index is 12.3. The molecule has 1 aromatic rings. The molecule has 6 nitrogen and oxygen atoms in total. The van der Waals surface area contributed by atoms with Crippen molar-refractivity contribution in [1.82, 2.24) is 15.5 Å². The van der Waals surface area contributed by atoms with Crippen LogP contribution in [0.2, 0.25) is 0 Å². The fraction of sp³-hybridized carbons (Fsp3) is 0.636. The van der Waals surface area contributed by atoms with Crippen molar-refractivity contribution in [3.8, 4) is 0 Å². The highest BCUT2D eigenvalue weighted by atomic mass is 127. The summed E-state index contributed by atoms with van der Waals surface area (Å²) in [7, 11) is 1.84. The van der Waals surface area contributed by atoms with Gasteiger partial charge in [-0.25, -0.2) is 0 Å². The van der Waals surface area contributed by atoms with Gasteiger partial charge in [0.05, 0.1) is 6.10 Å². The van der Waals surface area contributed by atoms with Crippen LogP contribution in [0.4, 0.5) is 0 Å². The minimum Gasteiger partial charge on any atom is -0.378 e. The number of halogens is 1. The van der Waals surface area contributed by atoms with E-state index in [1.54, 1.807) is 4.90 Å². The highest BCUT2D eigenvalue weighted by Gasteiger charge is 2.13. The van der Waals surface area contributed by atoms with Crippen LogP contribution in [0, 0.1) is 5.92 Å². The van der Waals surface area contributed by atoms with Gasteiger partial charge < -0.3 is 20.3 Å². The molecule has 0 saturated heterocycles. The van der Waals surface area contributed by atoms with E-state index in [9.17, 15) is 4.79 Å². The number of amides is 1. The maximum Gasteiger partial charge on any atom is 0.224 e. The average molecular weight is 518 g/mol. The number of rotatable bonds is 12. The largest absolute Gasteiger partial charge is 0.378 e. The lowest BCUT2D eigenvalue weighted by Gasteiger charge is -2.20. The molecule has 0 spiro atoms. The normalized spacial score (nSPS) is 12.3. The van der Waals surface area contributed by atoms with Crippen molar-refractivity contribution in [2.75, 3.05) is 33.3 Å². The molecular formula is C22H39IN4O2. The van der Waals surface area contributed by atoms with Gasteiger partial charge in [0.1, 0.15) is 0 Å². The first kappa shape index (κ1) is 27.6. The molecule has 0 aliphatic heterocycles. The maximum absolute atomic E-state index is 12.3. The standard InChI is InChI=1S/C22H38N4O2.HI/c1-6-23-22(24-15-13-20(18(3)4)28-7-2)25-16-14-21(27)26(5)17-19-11-9-8-10-12-19;/h8-12,18,20H,6-7,13-17H2,1-5H3,(H2,23,24,25);1H. The van der Waals surface area contributed by atoms with Gasteiger partial charge >= 0.3 is 0 Å². The molecule has 0 bridgehead atoms. The van der Waals surface area contributed by atoms with Gasteiger partial charge in [0.2, 0.25) is 5.91 Å². The Bertz CT molecular complexity index is 581.